The molecule has 1 aromatic carbocycles. The number of benzene rings is 1. The molecule has 30 heavy (non-hydrogen) atoms. The monoisotopic (exact) mass is 431 g/mol. The quantitative estimate of drug-likeness (QED) is 0.702. The largest absolute Gasteiger partial charge is 0.496 e. The number of nitrogens with one attached hydrogen (secondary N) is 2. The van der Waals surface area contributed by atoms with Gasteiger partial charge in [0, 0.05) is 24.4 Å². The summed E-state index contributed by atoms with van der Waals surface area (Å²) in [6.45, 7) is 3.75. The van der Waals surface area contributed by atoms with Crippen molar-refractivity contribution >= 4 is 15.9 Å². The molecule has 7 nitrogen and oxygen atoms in total. The van der Waals surface area contributed by atoms with Crippen LogP contribution in [0.5, 0.6) is 5.75 Å². The van der Waals surface area contributed by atoms with Crippen molar-refractivity contribution in [1.29, 1.82) is 0 Å². The number of methoxy groups -OCH3 is 1. The van der Waals surface area contributed by atoms with Gasteiger partial charge in [-0.3, -0.25) is 9.78 Å². The molecule has 1 amide bonds. The number of aromatic nitrogens is 1. The molecular formula is C22H29N3O4S. The second-order valence-corrected chi connectivity index (χ2v) is 9.53. The molecule has 1 atom stereocenters. The van der Waals surface area contributed by atoms with E-state index in [4.69, 9.17) is 4.74 Å². The lowest BCUT2D eigenvalue weighted by atomic mass is 9.85. The summed E-state index contributed by atoms with van der Waals surface area (Å²) < 4.78 is 33.5. The first-order chi connectivity index (χ1) is 14.3. The van der Waals surface area contributed by atoms with E-state index in [9.17, 15) is 13.2 Å². The molecule has 0 radical (unpaired) electrons. The Morgan fingerprint density at radius 3 is 2.53 bits per heavy atom. The van der Waals surface area contributed by atoms with Crippen molar-refractivity contribution < 1.29 is 17.9 Å². The first kappa shape index (κ1) is 22.2. The molecule has 0 aliphatic heterocycles. The van der Waals surface area contributed by atoms with Crippen LogP contribution < -0.4 is 14.8 Å². The minimum absolute atomic E-state index is 0.0124. The number of ether oxygens (including phenoxy) is 1. The SMILES string of the molecule is COc1ccc(S(=O)(=O)NC2CCC(C(=O)N[C@H](C)c3cccnc3)CC2)cc1C. The van der Waals surface area contributed by atoms with Gasteiger partial charge in [-0.15, -0.1) is 0 Å². The number of pyridine rings is 1. The van der Waals surface area contributed by atoms with E-state index in [1.165, 1.54) is 0 Å². The van der Waals surface area contributed by atoms with Gasteiger partial charge in [0.25, 0.3) is 0 Å². The number of hydrogen-bond donors (Lipinski definition) is 2. The first-order valence-corrected chi connectivity index (χ1v) is 11.7. The molecule has 1 aliphatic rings. The smallest absolute Gasteiger partial charge is 0.240 e. The minimum atomic E-state index is -3.61. The predicted octanol–water partition coefficient (Wildman–Crippen LogP) is 3.11. The standard InChI is InChI=1S/C22H29N3O4S/c1-15-13-20(10-11-21(15)29-3)30(27,28)25-19-8-6-17(7-9-19)22(26)24-16(2)18-5-4-12-23-14-18/h4-5,10-14,16-17,19,25H,6-9H2,1-3H3,(H,24,26)/t16-,17?,19?/m1/s1. The van der Waals surface area contributed by atoms with Crippen LogP contribution in [0.3, 0.4) is 0 Å². The molecule has 1 heterocycles. The molecule has 1 fully saturated rings. The van der Waals surface area contributed by atoms with Gasteiger partial charge in [-0.05, 0) is 74.9 Å². The van der Waals surface area contributed by atoms with Gasteiger partial charge in [0.05, 0.1) is 18.0 Å². The van der Waals surface area contributed by atoms with Gasteiger partial charge in [-0.25, -0.2) is 13.1 Å². The van der Waals surface area contributed by atoms with Crippen LogP contribution in [0, 0.1) is 12.8 Å². The van der Waals surface area contributed by atoms with Crippen LogP contribution in [-0.2, 0) is 14.8 Å². The topological polar surface area (TPSA) is 97.4 Å². The molecule has 8 heteroatoms. The molecule has 0 bridgehead atoms. The van der Waals surface area contributed by atoms with E-state index in [2.05, 4.69) is 15.0 Å². The van der Waals surface area contributed by atoms with Crippen molar-refractivity contribution in [1.82, 2.24) is 15.0 Å². The lowest BCUT2D eigenvalue weighted by Crippen LogP contribution is -2.41. The zero-order chi connectivity index (χ0) is 21.7. The average Bonchev–Trinajstić information content (AvgIpc) is 2.74. The Kier molecular flexibility index (Phi) is 7.10. The van der Waals surface area contributed by atoms with E-state index >= 15 is 0 Å². The van der Waals surface area contributed by atoms with Crippen LogP contribution in [0.4, 0.5) is 0 Å². The summed E-state index contributed by atoms with van der Waals surface area (Å²) in [7, 11) is -2.06. The van der Waals surface area contributed by atoms with Crippen LogP contribution in [0.25, 0.3) is 0 Å². The summed E-state index contributed by atoms with van der Waals surface area (Å²) in [6, 6.07) is 8.32. The van der Waals surface area contributed by atoms with Crippen LogP contribution in [-0.4, -0.2) is 32.5 Å². The van der Waals surface area contributed by atoms with Crippen LogP contribution in [0.15, 0.2) is 47.6 Å². The minimum Gasteiger partial charge on any atom is -0.496 e. The number of nitrogens with zero attached hydrogens (tertiary/aromatic N) is 1. The van der Waals surface area contributed by atoms with Crippen molar-refractivity contribution in [2.24, 2.45) is 5.92 Å². The Hall–Kier alpha value is -2.45. The Morgan fingerprint density at radius 2 is 1.93 bits per heavy atom. The molecular weight excluding hydrogens is 402 g/mol. The van der Waals surface area contributed by atoms with Crippen LogP contribution in [0.1, 0.15) is 49.8 Å². The summed E-state index contributed by atoms with van der Waals surface area (Å²) in [4.78, 5) is 16.9. The summed E-state index contributed by atoms with van der Waals surface area (Å²) in [5.74, 6) is 0.563. The summed E-state index contributed by atoms with van der Waals surface area (Å²) in [5, 5.41) is 3.04. The molecule has 162 valence electrons. The van der Waals surface area contributed by atoms with Crippen molar-refractivity contribution in [2.45, 2.75) is 56.5 Å². The number of aryl methyl sites for hydroxylation is 1. The molecule has 2 aromatic rings. The zero-order valence-electron chi connectivity index (χ0n) is 17.6. The highest BCUT2D eigenvalue weighted by Gasteiger charge is 2.30. The Labute approximate surface area is 178 Å². The summed E-state index contributed by atoms with van der Waals surface area (Å²) in [5.41, 5.74) is 1.73. The number of sulfonamides is 1. The molecule has 1 aliphatic carbocycles. The van der Waals surface area contributed by atoms with Gasteiger partial charge in [0.15, 0.2) is 0 Å². The third-order valence-electron chi connectivity index (χ3n) is 5.64. The summed E-state index contributed by atoms with van der Waals surface area (Å²) in [6.07, 6.45) is 6.02. The van der Waals surface area contributed by atoms with Crippen molar-refractivity contribution in [2.75, 3.05) is 7.11 Å². The third-order valence-corrected chi connectivity index (χ3v) is 7.16. The van der Waals surface area contributed by atoms with E-state index in [-0.39, 0.29) is 28.8 Å². The number of hydrogen-bond acceptors (Lipinski definition) is 5. The zero-order valence-corrected chi connectivity index (χ0v) is 18.4. The highest BCUT2D eigenvalue weighted by atomic mass is 32.2. The number of amides is 1. The van der Waals surface area contributed by atoms with Gasteiger partial charge in [-0.1, -0.05) is 6.07 Å². The maximum absolute atomic E-state index is 12.7. The van der Waals surface area contributed by atoms with Gasteiger partial charge >= 0.3 is 0 Å². The molecule has 1 aromatic heterocycles. The third kappa shape index (κ3) is 5.37. The Balaban J connectivity index is 1.53. The highest BCUT2D eigenvalue weighted by Crippen LogP contribution is 2.27. The van der Waals surface area contributed by atoms with E-state index < -0.39 is 10.0 Å². The van der Waals surface area contributed by atoms with E-state index in [0.29, 0.717) is 31.4 Å². The Bertz CT molecular complexity index is 971. The van der Waals surface area contributed by atoms with E-state index in [1.54, 1.807) is 37.7 Å². The van der Waals surface area contributed by atoms with Crippen molar-refractivity contribution in [3.63, 3.8) is 0 Å². The van der Waals surface area contributed by atoms with Crippen LogP contribution >= 0.6 is 0 Å². The van der Waals surface area contributed by atoms with E-state index in [0.717, 1.165) is 11.1 Å². The highest BCUT2D eigenvalue weighted by molar-refractivity contribution is 7.89. The second kappa shape index (κ2) is 9.57. The number of carbonyl (C=O) groups excluding carboxylic acids is 1. The number of carbonyl (C=O) groups is 1. The second-order valence-electron chi connectivity index (χ2n) is 7.82. The fourth-order valence-electron chi connectivity index (χ4n) is 3.83. The van der Waals surface area contributed by atoms with Crippen molar-refractivity contribution in [3.8, 4) is 5.75 Å². The fraction of sp³-hybridized carbons (Fsp3) is 0.455. The van der Waals surface area contributed by atoms with Gasteiger partial charge < -0.3 is 10.1 Å². The molecule has 2 N–H and O–H groups in total. The normalized spacial score (nSPS) is 20.4. The molecule has 0 unspecified atom stereocenters. The van der Waals surface area contributed by atoms with Gasteiger partial charge in [-0.2, -0.15) is 0 Å². The van der Waals surface area contributed by atoms with Gasteiger partial charge in [0.1, 0.15) is 5.75 Å². The molecule has 0 spiro atoms. The molecule has 3 rings (SSSR count). The molecule has 0 saturated heterocycles. The Morgan fingerprint density at radius 1 is 1.20 bits per heavy atom. The fourth-order valence-corrected chi connectivity index (χ4v) is 5.22. The maximum atomic E-state index is 12.7. The summed E-state index contributed by atoms with van der Waals surface area (Å²) >= 11 is 0. The van der Waals surface area contributed by atoms with Gasteiger partial charge in [0.2, 0.25) is 15.9 Å². The number of rotatable bonds is 7. The first-order valence-electron chi connectivity index (χ1n) is 10.2. The lowest BCUT2D eigenvalue weighted by molar-refractivity contribution is -0.126. The maximum Gasteiger partial charge on any atom is 0.240 e. The van der Waals surface area contributed by atoms with E-state index in [1.807, 2.05) is 26.0 Å². The van der Waals surface area contributed by atoms with Crippen LogP contribution in [0.2, 0.25) is 0 Å². The average molecular weight is 432 g/mol. The van der Waals surface area contributed by atoms with Crippen molar-refractivity contribution in [3.05, 3.63) is 53.9 Å². The predicted molar refractivity (Wildman–Crippen MR) is 115 cm³/mol. The molecule has 1 saturated carbocycles. The lowest BCUT2D eigenvalue weighted by Gasteiger charge is -2.29.